The molecule has 0 atom stereocenters. The van der Waals surface area contributed by atoms with E-state index in [-0.39, 0.29) is 5.41 Å². The molecule has 0 aromatic carbocycles. The molecule has 0 N–H and O–H groups in total. The fraction of sp³-hybridized carbons (Fsp3) is 0.500. The smallest absolute Gasteiger partial charge is 0.286 e. The van der Waals surface area contributed by atoms with Gasteiger partial charge in [-0.05, 0) is 0 Å². The van der Waals surface area contributed by atoms with E-state index < -0.39 is 0 Å². The molecule has 2 aromatic heterocycles. The van der Waals surface area contributed by atoms with Crippen molar-refractivity contribution < 1.29 is 8.94 Å². The van der Waals surface area contributed by atoms with Crippen LogP contribution in [0.4, 0.5) is 0 Å². The molecule has 0 aliphatic carbocycles. The predicted octanol–water partition coefficient (Wildman–Crippen LogP) is 2.33. The van der Waals surface area contributed by atoms with Gasteiger partial charge in [0.15, 0.2) is 0 Å². The van der Waals surface area contributed by atoms with Crippen molar-refractivity contribution in [1.29, 1.82) is 0 Å². The van der Waals surface area contributed by atoms with Crippen LogP contribution in [0.15, 0.2) is 15.0 Å². The van der Waals surface area contributed by atoms with E-state index in [9.17, 15) is 0 Å². The van der Waals surface area contributed by atoms with Crippen molar-refractivity contribution in [1.82, 2.24) is 15.4 Å². The van der Waals surface area contributed by atoms with Crippen molar-refractivity contribution in [2.24, 2.45) is 0 Å². The summed E-state index contributed by atoms with van der Waals surface area (Å²) < 4.78 is 10.4. The van der Waals surface area contributed by atoms with Gasteiger partial charge in [0, 0.05) is 18.4 Å². The maximum atomic E-state index is 5.24. The van der Waals surface area contributed by atoms with Gasteiger partial charge in [0.05, 0.1) is 5.69 Å². The first kappa shape index (κ1) is 9.89. The van der Waals surface area contributed by atoms with Crippen LogP contribution in [-0.2, 0) is 5.41 Å². The van der Waals surface area contributed by atoms with E-state index >= 15 is 0 Å². The summed E-state index contributed by atoms with van der Waals surface area (Å²) in [6.45, 7) is 7.92. The SMILES string of the molecule is Cc1nnc(-c2cc(C(C)(C)C)no2)o1. The minimum atomic E-state index is -0.0448. The summed E-state index contributed by atoms with van der Waals surface area (Å²) in [7, 11) is 0. The molecule has 0 saturated carbocycles. The van der Waals surface area contributed by atoms with Crippen LogP contribution in [-0.4, -0.2) is 15.4 Å². The molecule has 0 aliphatic rings. The Kier molecular flexibility index (Phi) is 2.10. The standard InChI is InChI=1S/C10H13N3O2/c1-6-11-12-9(14-6)7-5-8(13-15-7)10(2,3)4/h5H,1-4H3. The lowest BCUT2D eigenvalue weighted by Crippen LogP contribution is -2.10. The van der Waals surface area contributed by atoms with Crippen LogP contribution in [0.1, 0.15) is 32.4 Å². The van der Waals surface area contributed by atoms with Crippen LogP contribution < -0.4 is 0 Å². The number of rotatable bonds is 1. The third-order valence-corrected chi connectivity index (χ3v) is 2.02. The maximum Gasteiger partial charge on any atom is 0.286 e. The van der Waals surface area contributed by atoms with Crippen molar-refractivity contribution in [3.63, 3.8) is 0 Å². The van der Waals surface area contributed by atoms with E-state index in [0.717, 1.165) is 5.69 Å². The molecule has 5 heteroatoms. The zero-order valence-corrected chi connectivity index (χ0v) is 9.24. The summed E-state index contributed by atoms with van der Waals surface area (Å²) in [5.74, 6) is 1.40. The van der Waals surface area contributed by atoms with E-state index in [2.05, 4.69) is 36.1 Å². The first-order valence-corrected chi connectivity index (χ1v) is 4.74. The van der Waals surface area contributed by atoms with Gasteiger partial charge < -0.3 is 8.94 Å². The maximum absolute atomic E-state index is 5.24. The summed E-state index contributed by atoms with van der Waals surface area (Å²) in [5.41, 5.74) is 0.824. The third kappa shape index (κ3) is 1.91. The third-order valence-electron chi connectivity index (χ3n) is 2.02. The Hall–Kier alpha value is -1.65. The number of nitrogens with zero attached hydrogens (tertiary/aromatic N) is 3. The summed E-state index contributed by atoms with van der Waals surface area (Å²) in [6.07, 6.45) is 0. The van der Waals surface area contributed by atoms with E-state index in [4.69, 9.17) is 8.94 Å². The summed E-state index contributed by atoms with van der Waals surface area (Å²) in [5, 5.41) is 11.6. The summed E-state index contributed by atoms with van der Waals surface area (Å²) >= 11 is 0. The lowest BCUT2D eigenvalue weighted by molar-refractivity contribution is 0.389. The zero-order valence-electron chi connectivity index (χ0n) is 9.24. The molecule has 0 fully saturated rings. The molecule has 2 aromatic rings. The van der Waals surface area contributed by atoms with E-state index in [1.54, 1.807) is 6.92 Å². The van der Waals surface area contributed by atoms with Gasteiger partial charge in [-0.25, -0.2) is 0 Å². The minimum Gasteiger partial charge on any atom is -0.418 e. The topological polar surface area (TPSA) is 65.0 Å². The summed E-state index contributed by atoms with van der Waals surface area (Å²) in [6, 6.07) is 1.83. The molecule has 2 heterocycles. The molecule has 0 saturated heterocycles. The van der Waals surface area contributed by atoms with Gasteiger partial charge in [0.25, 0.3) is 5.89 Å². The van der Waals surface area contributed by atoms with Gasteiger partial charge in [-0.1, -0.05) is 25.9 Å². The van der Waals surface area contributed by atoms with Gasteiger partial charge in [-0.15, -0.1) is 10.2 Å². The van der Waals surface area contributed by atoms with Gasteiger partial charge in [0.2, 0.25) is 11.7 Å². The molecule has 15 heavy (non-hydrogen) atoms. The monoisotopic (exact) mass is 207 g/mol. The predicted molar refractivity (Wildman–Crippen MR) is 53.2 cm³/mol. The Morgan fingerprint density at radius 2 is 1.93 bits per heavy atom. The minimum absolute atomic E-state index is 0.0448. The number of aryl methyl sites for hydroxylation is 1. The molecular formula is C10H13N3O2. The zero-order chi connectivity index (χ0) is 11.1. The molecule has 0 unspecified atom stereocenters. The molecule has 0 amide bonds. The van der Waals surface area contributed by atoms with Gasteiger partial charge in [0.1, 0.15) is 0 Å². The van der Waals surface area contributed by atoms with Gasteiger partial charge in [-0.3, -0.25) is 0 Å². The molecule has 5 nitrogen and oxygen atoms in total. The highest BCUT2D eigenvalue weighted by molar-refractivity contribution is 5.44. The highest BCUT2D eigenvalue weighted by Gasteiger charge is 2.21. The average Bonchev–Trinajstić information content (AvgIpc) is 2.69. The molecular weight excluding hydrogens is 194 g/mol. The lowest BCUT2D eigenvalue weighted by Gasteiger charge is -2.12. The van der Waals surface area contributed by atoms with Crippen LogP contribution in [0.2, 0.25) is 0 Å². The number of hydrogen-bond donors (Lipinski definition) is 0. The molecule has 2 rings (SSSR count). The average molecular weight is 207 g/mol. The van der Waals surface area contributed by atoms with Crippen LogP contribution in [0.25, 0.3) is 11.7 Å². The van der Waals surface area contributed by atoms with Crippen molar-refractivity contribution in [3.05, 3.63) is 17.7 Å². The normalized spacial score (nSPS) is 12.0. The molecule has 0 bridgehead atoms. The van der Waals surface area contributed by atoms with Crippen molar-refractivity contribution in [2.45, 2.75) is 33.1 Å². The second kappa shape index (κ2) is 3.18. The Labute approximate surface area is 87.5 Å². The summed E-state index contributed by atoms with van der Waals surface area (Å²) in [4.78, 5) is 0. The molecule has 80 valence electrons. The second-order valence-corrected chi connectivity index (χ2v) is 4.45. The first-order chi connectivity index (χ1) is 6.97. The van der Waals surface area contributed by atoms with Crippen LogP contribution in [0.5, 0.6) is 0 Å². The Morgan fingerprint density at radius 3 is 2.40 bits per heavy atom. The quantitative estimate of drug-likeness (QED) is 0.718. The molecule has 0 spiro atoms. The lowest BCUT2D eigenvalue weighted by atomic mass is 9.92. The van der Waals surface area contributed by atoms with E-state index in [1.165, 1.54) is 0 Å². The largest absolute Gasteiger partial charge is 0.418 e. The number of hydrogen-bond acceptors (Lipinski definition) is 5. The highest BCUT2D eigenvalue weighted by atomic mass is 16.5. The van der Waals surface area contributed by atoms with Crippen molar-refractivity contribution in [2.75, 3.05) is 0 Å². The van der Waals surface area contributed by atoms with Crippen LogP contribution in [0.3, 0.4) is 0 Å². The van der Waals surface area contributed by atoms with Crippen LogP contribution >= 0.6 is 0 Å². The van der Waals surface area contributed by atoms with Crippen molar-refractivity contribution in [3.8, 4) is 11.7 Å². The van der Waals surface area contributed by atoms with E-state index in [1.807, 2.05) is 6.07 Å². The van der Waals surface area contributed by atoms with Gasteiger partial charge in [-0.2, -0.15) is 0 Å². The Balaban J connectivity index is 2.36. The first-order valence-electron chi connectivity index (χ1n) is 4.74. The number of aromatic nitrogens is 3. The molecule has 0 radical (unpaired) electrons. The van der Waals surface area contributed by atoms with Gasteiger partial charge >= 0.3 is 0 Å². The Bertz CT molecular complexity index is 465. The van der Waals surface area contributed by atoms with Crippen molar-refractivity contribution >= 4 is 0 Å². The fourth-order valence-electron chi connectivity index (χ4n) is 1.13. The highest BCUT2D eigenvalue weighted by Crippen LogP contribution is 2.26. The fourth-order valence-corrected chi connectivity index (χ4v) is 1.13. The van der Waals surface area contributed by atoms with E-state index in [0.29, 0.717) is 17.5 Å². The second-order valence-electron chi connectivity index (χ2n) is 4.45. The molecule has 0 aliphatic heterocycles. The van der Waals surface area contributed by atoms with Crippen LogP contribution in [0, 0.1) is 6.92 Å². The Morgan fingerprint density at radius 1 is 1.20 bits per heavy atom.